The molecule has 0 aliphatic heterocycles. The van der Waals surface area contributed by atoms with Gasteiger partial charge in [0.1, 0.15) is 10.9 Å². The number of anilines is 1. The number of halogens is 1. The Morgan fingerprint density at radius 1 is 1.26 bits per heavy atom. The summed E-state index contributed by atoms with van der Waals surface area (Å²) >= 11 is 5.89. The van der Waals surface area contributed by atoms with Gasteiger partial charge in [-0.15, -0.1) is 0 Å². The van der Waals surface area contributed by atoms with E-state index in [2.05, 4.69) is 10.3 Å². The van der Waals surface area contributed by atoms with Crippen LogP contribution in [0.25, 0.3) is 0 Å². The van der Waals surface area contributed by atoms with Crippen LogP contribution in [0.5, 0.6) is 5.75 Å². The van der Waals surface area contributed by atoms with Crippen LogP contribution < -0.4 is 10.1 Å². The second-order valence-electron chi connectivity index (χ2n) is 4.26. The number of ether oxygens (including phenoxy) is 1. The number of pyridine rings is 1. The molecule has 2 rings (SSSR count). The Morgan fingerprint density at radius 2 is 2.00 bits per heavy atom. The second kappa shape index (κ2) is 6.43. The molecule has 1 aromatic carbocycles. The van der Waals surface area contributed by atoms with Gasteiger partial charge in [0, 0.05) is 6.54 Å². The SMILES string of the molecule is CCOc1ccc(CNc2cnc(Cl)c(C)c2)cc1. The number of rotatable bonds is 5. The van der Waals surface area contributed by atoms with Crippen molar-refractivity contribution >= 4 is 17.3 Å². The molecule has 2 aromatic rings. The average Bonchev–Trinajstić information content (AvgIpc) is 2.42. The Hall–Kier alpha value is -1.74. The predicted molar refractivity (Wildman–Crippen MR) is 78.9 cm³/mol. The van der Waals surface area contributed by atoms with Crippen LogP contribution in [0.1, 0.15) is 18.1 Å². The van der Waals surface area contributed by atoms with Crippen LogP contribution in [-0.2, 0) is 6.54 Å². The Labute approximate surface area is 118 Å². The van der Waals surface area contributed by atoms with Crippen LogP contribution >= 0.6 is 11.6 Å². The van der Waals surface area contributed by atoms with Gasteiger partial charge in [0.05, 0.1) is 18.5 Å². The third-order valence-electron chi connectivity index (χ3n) is 2.75. The molecule has 0 spiro atoms. The van der Waals surface area contributed by atoms with Gasteiger partial charge in [-0.25, -0.2) is 4.98 Å². The maximum Gasteiger partial charge on any atom is 0.132 e. The van der Waals surface area contributed by atoms with Gasteiger partial charge in [0.2, 0.25) is 0 Å². The molecule has 1 aromatic heterocycles. The Morgan fingerprint density at radius 3 is 2.63 bits per heavy atom. The minimum atomic E-state index is 0.548. The first kappa shape index (κ1) is 13.7. The highest BCUT2D eigenvalue weighted by atomic mass is 35.5. The van der Waals surface area contributed by atoms with E-state index in [0.717, 1.165) is 23.5 Å². The van der Waals surface area contributed by atoms with Crippen LogP contribution in [0, 0.1) is 6.92 Å². The summed E-state index contributed by atoms with van der Waals surface area (Å²) < 4.78 is 5.41. The molecule has 0 fully saturated rings. The highest BCUT2D eigenvalue weighted by Crippen LogP contribution is 2.17. The summed E-state index contributed by atoms with van der Waals surface area (Å²) in [6.45, 7) is 5.35. The van der Waals surface area contributed by atoms with Gasteiger partial charge in [-0.3, -0.25) is 0 Å². The monoisotopic (exact) mass is 276 g/mol. The molecular formula is C15H17ClN2O. The van der Waals surface area contributed by atoms with Gasteiger partial charge < -0.3 is 10.1 Å². The van der Waals surface area contributed by atoms with Gasteiger partial charge >= 0.3 is 0 Å². The van der Waals surface area contributed by atoms with Gasteiger partial charge in [-0.1, -0.05) is 23.7 Å². The maximum atomic E-state index is 5.89. The molecule has 0 aliphatic rings. The smallest absolute Gasteiger partial charge is 0.132 e. The van der Waals surface area contributed by atoms with E-state index in [9.17, 15) is 0 Å². The van der Waals surface area contributed by atoms with Crippen molar-refractivity contribution in [2.24, 2.45) is 0 Å². The van der Waals surface area contributed by atoms with Crippen LogP contribution in [0.4, 0.5) is 5.69 Å². The fourth-order valence-corrected chi connectivity index (χ4v) is 1.83. The molecule has 0 amide bonds. The van der Waals surface area contributed by atoms with E-state index in [-0.39, 0.29) is 0 Å². The summed E-state index contributed by atoms with van der Waals surface area (Å²) in [5, 5.41) is 3.87. The first-order chi connectivity index (χ1) is 9.19. The molecule has 1 N–H and O–H groups in total. The van der Waals surface area contributed by atoms with Crippen molar-refractivity contribution in [3.05, 3.63) is 52.8 Å². The fourth-order valence-electron chi connectivity index (χ4n) is 1.73. The number of hydrogen-bond acceptors (Lipinski definition) is 3. The Balaban J connectivity index is 1.96. The van der Waals surface area contributed by atoms with E-state index < -0.39 is 0 Å². The minimum Gasteiger partial charge on any atom is -0.494 e. The summed E-state index contributed by atoms with van der Waals surface area (Å²) in [6.07, 6.45) is 1.74. The molecular weight excluding hydrogens is 260 g/mol. The molecule has 0 saturated carbocycles. The molecule has 0 radical (unpaired) electrons. The third-order valence-corrected chi connectivity index (χ3v) is 3.14. The summed E-state index contributed by atoms with van der Waals surface area (Å²) in [7, 11) is 0. The quantitative estimate of drug-likeness (QED) is 0.837. The molecule has 100 valence electrons. The Bertz CT molecular complexity index is 540. The van der Waals surface area contributed by atoms with Crippen molar-refractivity contribution in [1.29, 1.82) is 0 Å². The van der Waals surface area contributed by atoms with Gasteiger partial charge in [-0.05, 0) is 43.2 Å². The lowest BCUT2D eigenvalue weighted by atomic mass is 10.2. The highest BCUT2D eigenvalue weighted by molar-refractivity contribution is 6.30. The van der Waals surface area contributed by atoms with Crippen LogP contribution in [0.15, 0.2) is 36.5 Å². The van der Waals surface area contributed by atoms with E-state index in [1.165, 1.54) is 5.56 Å². The molecule has 0 atom stereocenters. The summed E-state index contributed by atoms with van der Waals surface area (Å²) in [5.41, 5.74) is 3.13. The zero-order chi connectivity index (χ0) is 13.7. The molecule has 0 unspecified atom stereocenters. The standard InChI is InChI=1S/C15H17ClN2O/c1-3-19-14-6-4-12(5-7-14)9-17-13-8-11(2)15(16)18-10-13/h4-8,10,17H,3,9H2,1-2H3. The third kappa shape index (κ3) is 3.86. The molecule has 19 heavy (non-hydrogen) atoms. The summed E-state index contributed by atoms with van der Waals surface area (Å²) in [5.74, 6) is 0.898. The van der Waals surface area contributed by atoms with Crippen LogP contribution in [0.3, 0.4) is 0 Å². The second-order valence-corrected chi connectivity index (χ2v) is 4.62. The number of nitrogens with one attached hydrogen (secondary N) is 1. The summed E-state index contributed by atoms with van der Waals surface area (Å²) in [6, 6.07) is 10.0. The van der Waals surface area contributed by atoms with Crippen molar-refractivity contribution in [3.8, 4) is 5.75 Å². The fraction of sp³-hybridized carbons (Fsp3) is 0.267. The first-order valence-corrected chi connectivity index (χ1v) is 6.64. The van der Waals surface area contributed by atoms with E-state index in [1.807, 2.05) is 44.2 Å². The number of hydrogen-bond donors (Lipinski definition) is 1. The maximum absolute atomic E-state index is 5.89. The van der Waals surface area contributed by atoms with Crippen LogP contribution in [-0.4, -0.2) is 11.6 Å². The number of aryl methyl sites for hydroxylation is 1. The van der Waals surface area contributed by atoms with E-state index in [4.69, 9.17) is 16.3 Å². The molecule has 0 saturated heterocycles. The normalized spacial score (nSPS) is 10.3. The van der Waals surface area contributed by atoms with Gasteiger partial charge in [0.15, 0.2) is 0 Å². The topological polar surface area (TPSA) is 34.1 Å². The molecule has 4 heteroatoms. The Kier molecular flexibility index (Phi) is 4.63. The first-order valence-electron chi connectivity index (χ1n) is 6.27. The lowest BCUT2D eigenvalue weighted by molar-refractivity contribution is 0.340. The van der Waals surface area contributed by atoms with Crippen molar-refractivity contribution in [1.82, 2.24) is 4.98 Å². The lowest BCUT2D eigenvalue weighted by Gasteiger charge is -2.08. The summed E-state index contributed by atoms with van der Waals surface area (Å²) in [4.78, 5) is 4.11. The minimum absolute atomic E-state index is 0.548. The number of benzene rings is 1. The highest BCUT2D eigenvalue weighted by Gasteiger charge is 1.99. The molecule has 3 nitrogen and oxygen atoms in total. The largest absolute Gasteiger partial charge is 0.494 e. The zero-order valence-electron chi connectivity index (χ0n) is 11.1. The lowest BCUT2D eigenvalue weighted by Crippen LogP contribution is -2.00. The molecule has 0 bridgehead atoms. The van der Waals surface area contributed by atoms with Crippen LogP contribution in [0.2, 0.25) is 5.15 Å². The molecule has 0 aliphatic carbocycles. The van der Waals surface area contributed by atoms with Crippen molar-refractivity contribution in [2.75, 3.05) is 11.9 Å². The molecule has 1 heterocycles. The van der Waals surface area contributed by atoms with Gasteiger partial charge in [0.25, 0.3) is 0 Å². The van der Waals surface area contributed by atoms with E-state index in [0.29, 0.717) is 11.8 Å². The predicted octanol–water partition coefficient (Wildman–Crippen LogP) is 4.05. The van der Waals surface area contributed by atoms with E-state index >= 15 is 0 Å². The zero-order valence-corrected chi connectivity index (χ0v) is 11.9. The van der Waals surface area contributed by atoms with E-state index in [1.54, 1.807) is 6.20 Å². The van der Waals surface area contributed by atoms with Crippen molar-refractivity contribution < 1.29 is 4.74 Å². The average molecular weight is 277 g/mol. The van der Waals surface area contributed by atoms with Crippen molar-refractivity contribution in [3.63, 3.8) is 0 Å². The number of aromatic nitrogens is 1. The number of nitrogens with zero attached hydrogens (tertiary/aromatic N) is 1. The van der Waals surface area contributed by atoms with Gasteiger partial charge in [-0.2, -0.15) is 0 Å². The van der Waals surface area contributed by atoms with Crippen molar-refractivity contribution in [2.45, 2.75) is 20.4 Å².